The zero-order chi connectivity index (χ0) is 24.4. The quantitative estimate of drug-likeness (QED) is 0.504. The Morgan fingerprint density at radius 3 is 2.49 bits per heavy atom. The van der Waals surface area contributed by atoms with Crippen LogP contribution < -0.4 is 0 Å². The summed E-state index contributed by atoms with van der Waals surface area (Å²) < 4.78 is 41.2. The standard InChI is InChI=1S/C26H28FN3O3S2/c27-21-6-4-5-20(19-21)26-23-11-18-34-24(23)9-12-29(26)13-10-25(31)28-14-16-30(17-15-28)35(32,33)22-7-2-1-3-8-22/h1-8,11,18-19,26H,9-10,12-17H2/t26-/m0/s1. The fourth-order valence-electron chi connectivity index (χ4n) is 4.99. The Morgan fingerprint density at radius 1 is 0.971 bits per heavy atom. The van der Waals surface area contributed by atoms with Crippen LogP contribution in [0.15, 0.2) is 70.9 Å². The molecule has 1 atom stereocenters. The van der Waals surface area contributed by atoms with Crippen molar-refractivity contribution in [1.82, 2.24) is 14.1 Å². The number of hydrogen-bond donors (Lipinski definition) is 0. The molecule has 1 aromatic heterocycles. The summed E-state index contributed by atoms with van der Waals surface area (Å²) in [5.74, 6) is -0.236. The first-order valence-electron chi connectivity index (χ1n) is 11.8. The Balaban J connectivity index is 1.22. The van der Waals surface area contributed by atoms with Crippen LogP contribution in [0.1, 0.15) is 28.5 Å². The molecule has 2 aromatic carbocycles. The molecule has 1 fully saturated rings. The van der Waals surface area contributed by atoms with Crippen molar-refractivity contribution >= 4 is 27.3 Å². The van der Waals surface area contributed by atoms with Gasteiger partial charge in [0.2, 0.25) is 15.9 Å². The van der Waals surface area contributed by atoms with E-state index < -0.39 is 10.0 Å². The molecule has 3 aromatic rings. The number of thiophene rings is 1. The van der Waals surface area contributed by atoms with E-state index in [1.54, 1.807) is 58.7 Å². The third-order valence-electron chi connectivity index (χ3n) is 6.82. The van der Waals surface area contributed by atoms with Crippen LogP contribution in [0.25, 0.3) is 0 Å². The highest BCUT2D eigenvalue weighted by Crippen LogP contribution is 2.38. The zero-order valence-corrected chi connectivity index (χ0v) is 21.0. The highest BCUT2D eigenvalue weighted by Gasteiger charge is 2.32. The summed E-state index contributed by atoms with van der Waals surface area (Å²) in [6.07, 6.45) is 1.26. The third kappa shape index (κ3) is 5.04. The summed E-state index contributed by atoms with van der Waals surface area (Å²) in [4.78, 5) is 18.6. The predicted octanol–water partition coefficient (Wildman–Crippen LogP) is 3.76. The van der Waals surface area contributed by atoms with E-state index in [0.29, 0.717) is 26.1 Å². The minimum absolute atomic E-state index is 0.0240. The van der Waals surface area contributed by atoms with Crippen LogP contribution in [0.3, 0.4) is 0 Å². The average molecular weight is 514 g/mol. The fraction of sp³-hybridized carbons (Fsp3) is 0.346. The number of carbonyl (C=O) groups excluding carboxylic acids is 1. The molecule has 2 aliphatic heterocycles. The number of rotatable bonds is 6. The monoisotopic (exact) mass is 513 g/mol. The second-order valence-corrected chi connectivity index (χ2v) is 11.8. The van der Waals surface area contributed by atoms with Crippen molar-refractivity contribution in [2.24, 2.45) is 0 Å². The van der Waals surface area contributed by atoms with Crippen LogP contribution in [-0.4, -0.2) is 67.7 Å². The second-order valence-electron chi connectivity index (χ2n) is 8.89. The Kier molecular flexibility index (Phi) is 7.02. The van der Waals surface area contributed by atoms with Gasteiger partial charge >= 0.3 is 0 Å². The third-order valence-corrected chi connectivity index (χ3v) is 9.72. The highest BCUT2D eigenvalue weighted by atomic mass is 32.2. The van der Waals surface area contributed by atoms with E-state index in [-0.39, 0.29) is 35.8 Å². The lowest BCUT2D eigenvalue weighted by atomic mass is 9.93. The summed E-state index contributed by atoms with van der Waals surface area (Å²) >= 11 is 1.73. The normalized spacial score (nSPS) is 19.5. The van der Waals surface area contributed by atoms with E-state index in [1.165, 1.54) is 20.8 Å². The van der Waals surface area contributed by atoms with E-state index in [0.717, 1.165) is 18.5 Å². The van der Waals surface area contributed by atoms with Gasteiger partial charge in [-0.3, -0.25) is 9.69 Å². The molecule has 6 nitrogen and oxygen atoms in total. The van der Waals surface area contributed by atoms with Crippen molar-refractivity contribution < 1.29 is 17.6 Å². The van der Waals surface area contributed by atoms with E-state index in [2.05, 4.69) is 16.3 Å². The Morgan fingerprint density at radius 2 is 1.74 bits per heavy atom. The van der Waals surface area contributed by atoms with Gasteiger partial charge in [-0.2, -0.15) is 4.31 Å². The summed E-state index contributed by atoms with van der Waals surface area (Å²) in [6, 6.07) is 17.2. The molecule has 9 heteroatoms. The Labute approximate surface area is 209 Å². The van der Waals surface area contributed by atoms with Crippen molar-refractivity contribution in [2.75, 3.05) is 39.3 Å². The molecule has 0 saturated carbocycles. The van der Waals surface area contributed by atoms with Crippen LogP contribution in [0.4, 0.5) is 4.39 Å². The number of halogens is 1. The molecule has 5 rings (SSSR count). The number of nitrogens with zero attached hydrogens (tertiary/aromatic N) is 3. The van der Waals surface area contributed by atoms with E-state index in [1.807, 2.05) is 6.07 Å². The van der Waals surface area contributed by atoms with E-state index in [9.17, 15) is 17.6 Å². The molecule has 35 heavy (non-hydrogen) atoms. The molecule has 184 valence electrons. The largest absolute Gasteiger partial charge is 0.340 e. The Hall–Kier alpha value is -2.59. The van der Waals surface area contributed by atoms with Crippen molar-refractivity contribution in [1.29, 1.82) is 0 Å². The lowest BCUT2D eigenvalue weighted by Gasteiger charge is -2.37. The molecule has 1 saturated heterocycles. The van der Waals surface area contributed by atoms with Crippen molar-refractivity contribution in [3.8, 4) is 0 Å². The Bertz CT molecular complexity index is 1290. The second kappa shape index (κ2) is 10.2. The van der Waals surface area contributed by atoms with E-state index >= 15 is 0 Å². The van der Waals surface area contributed by atoms with Gasteiger partial charge in [-0.25, -0.2) is 12.8 Å². The van der Waals surface area contributed by atoms with Crippen molar-refractivity contribution in [3.63, 3.8) is 0 Å². The van der Waals surface area contributed by atoms with Crippen molar-refractivity contribution in [3.05, 3.63) is 87.9 Å². The predicted molar refractivity (Wildman–Crippen MR) is 134 cm³/mol. The molecule has 1 amide bonds. The maximum Gasteiger partial charge on any atom is 0.243 e. The topological polar surface area (TPSA) is 60.9 Å². The lowest BCUT2D eigenvalue weighted by molar-refractivity contribution is -0.132. The number of hydrogen-bond acceptors (Lipinski definition) is 5. The van der Waals surface area contributed by atoms with Gasteiger partial charge in [0.15, 0.2) is 0 Å². The maximum absolute atomic E-state index is 14.0. The van der Waals surface area contributed by atoms with Crippen LogP contribution in [0.2, 0.25) is 0 Å². The summed E-state index contributed by atoms with van der Waals surface area (Å²) in [7, 11) is -3.55. The minimum atomic E-state index is -3.55. The molecular weight excluding hydrogens is 485 g/mol. The van der Waals surface area contributed by atoms with E-state index in [4.69, 9.17) is 0 Å². The first kappa shape index (κ1) is 24.1. The van der Waals surface area contributed by atoms with Gasteiger partial charge in [0.1, 0.15) is 5.82 Å². The van der Waals surface area contributed by atoms with Gasteiger partial charge in [0.25, 0.3) is 0 Å². The summed E-state index contributed by atoms with van der Waals surface area (Å²) in [6.45, 7) is 2.72. The molecule has 0 unspecified atom stereocenters. The number of amides is 1. The summed E-state index contributed by atoms with van der Waals surface area (Å²) in [5.41, 5.74) is 2.09. The first-order chi connectivity index (χ1) is 16.9. The summed E-state index contributed by atoms with van der Waals surface area (Å²) in [5, 5.41) is 2.08. The number of piperazine rings is 1. The molecular formula is C26H28FN3O3S2. The maximum atomic E-state index is 14.0. The number of fused-ring (bicyclic) bond motifs is 1. The van der Waals surface area contributed by atoms with Gasteiger partial charge < -0.3 is 4.90 Å². The van der Waals surface area contributed by atoms with Crippen LogP contribution in [0, 0.1) is 5.82 Å². The van der Waals surface area contributed by atoms with Gasteiger partial charge in [0, 0.05) is 50.6 Å². The van der Waals surface area contributed by atoms with Crippen LogP contribution in [0.5, 0.6) is 0 Å². The van der Waals surface area contributed by atoms with Crippen LogP contribution >= 0.6 is 11.3 Å². The molecule has 0 radical (unpaired) electrons. The number of benzene rings is 2. The molecule has 2 aliphatic rings. The molecule has 3 heterocycles. The molecule has 0 aliphatic carbocycles. The first-order valence-corrected chi connectivity index (χ1v) is 14.1. The number of carbonyl (C=O) groups is 1. The average Bonchev–Trinajstić information content (AvgIpc) is 3.36. The van der Waals surface area contributed by atoms with Crippen LogP contribution in [-0.2, 0) is 21.2 Å². The molecule has 0 spiro atoms. The van der Waals surface area contributed by atoms with Gasteiger partial charge in [0.05, 0.1) is 10.9 Å². The molecule has 0 bridgehead atoms. The zero-order valence-electron chi connectivity index (χ0n) is 19.3. The van der Waals surface area contributed by atoms with Gasteiger partial charge in [-0.05, 0) is 53.3 Å². The minimum Gasteiger partial charge on any atom is -0.340 e. The highest BCUT2D eigenvalue weighted by molar-refractivity contribution is 7.89. The van der Waals surface area contributed by atoms with Gasteiger partial charge in [-0.15, -0.1) is 11.3 Å². The van der Waals surface area contributed by atoms with Gasteiger partial charge in [-0.1, -0.05) is 30.3 Å². The fourth-order valence-corrected chi connectivity index (χ4v) is 7.34. The lowest BCUT2D eigenvalue weighted by Crippen LogP contribution is -2.51. The molecule has 0 N–H and O–H groups in total. The smallest absolute Gasteiger partial charge is 0.243 e. The van der Waals surface area contributed by atoms with Crippen molar-refractivity contribution in [2.45, 2.75) is 23.8 Å². The number of sulfonamides is 1. The SMILES string of the molecule is O=C(CCN1CCc2sccc2[C@@H]1c1cccc(F)c1)N1CCN(S(=O)(=O)c2ccccc2)CC1.